The molecular formula is C20H26O5. The van der Waals surface area contributed by atoms with Crippen molar-refractivity contribution in [3.8, 4) is 0 Å². The number of esters is 2. The van der Waals surface area contributed by atoms with Crippen LogP contribution in [0.2, 0.25) is 0 Å². The molecule has 1 aliphatic carbocycles. The second kappa shape index (κ2) is 7.00. The van der Waals surface area contributed by atoms with Crippen LogP contribution in [0.25, 0.3) is 0 Å². The summed E-state index contributed by atoms with van der Waals surface area (Å²) in [4.78, 5) is 24.4. The van der Waals surface area contributed by atoms with Gasteiger partial charge in [-0.1, -0.05) is 31.7 Å². The van der Waals surface area contributed by atoms with Crippen molar-refractivity contribution in [2.75, 3.05) is 6.61 Å². The largest absolute Gasteiger partial charge is 0.458 e. The van der Waals surface area contributed by atoms with Gasteiger partial charge in [-0.3, -0.25) is 0 Å². The lowest BCUT2D eigenvalue weighted by Gasteiger charge is -2.48. The van der Waals surface area contributed by atoms with Crippen LogP contribution in [0, 0.1) is 17.3 Å². The molecule has 1 saturated carbocycles. The Morgan fingerprint density at radius 1 is 1.48 bits per heavy atom. The molecule has 2 fully saturated rings. The van der Waals surface area contributed by atoms with Gasteiger partial charge < -0.3 is 14.6 Å². The van der Waals surface area contributed by atoms with E-state index in [2.05, 4.69) is 19.7 Å². The summed E-state index contributed by atoms with van der Waals surface area (Å²) in [5.41, 5.74) is 1.10. The van der Waals surface area contributed by atoms with Crippen molar-refractivity contribution in [1.82, 2.24) is 0 Å². The molecule has 25 heavy (non-hydrogen) atoms. The molecule has 1 saturated heterocycles. The lowest BCUT2D eigenvalue weighted by atomic mass is 9.59. The van der Waals surface area contributed by atoms with Gasteiger partial charge in [-0.25, -0.2) is 9.59 Å². The van der Waals surface area contributed by atoms with E-state index in [0.717, 1.165) is 5.57 Å². The number of fused-ring (bicyclic) bond motifs is 1. The topological polar surface area (TPSA) is 72.8 Å². The highest BCUT2D eigenvalue weighted by Crippen LogP contribution is 2.53. The minimum Gasteiger partial charge on any atom is -0.458 e. The van der Waals surface area contributed by atoms with Crippen molar-refractivity contribution in [1.29, 1.82) is 0 Å². The second-order valence-corrected chi connectivity index (χ2v) is 7.17. The van der Waals surface area contributed by atoms with Crippen molar-refractivity contribution in [3.05, 3.63) is 48.6 Å². The summed E-state index contributed by atoms with van der Waals surface area (Å²) in [6, 6.07) is 0. The van der Waals surface area contributed by atoms with Crippen molar-refractivity contribution in [3.63, 3.8) is 0 Å². The molecule has 1 N–H and O–H groups in total. The first-order chi connectivity index (χ1) is 11.7. The van der Waals surface area contributed by atoms with E-state index in [4.69, 9.17) is 14.6 Å². The average Bonchev–Trinajstić information content (AvgIpc) is 2.82. The maximum atomic E-state index is 12.3. The highest BCUT2D eigenvalue weighted by atomic mass is 16.6. The maximum absolute atomic E-state index is 12.3. The number of hydrogen-bond donors (Lipinski definition) is 1. The normalized spacial score (nSPS) is 35.0. The van der Waals surface area contributed by atoms with Crippen LogP contribution in [0.3, 0.4) is 0 Å². The quantitative estimate of drug-likeness (QED) is 0.471. The van der Waals surface area contributed by atoms with Crippen LogP contribution in [-0.4, -0.2) is 35.9 Å². The highest BCUT2D eigenvalue weighted by Gasteiger charge is 2.58. The van der Waals surface area contributed by atoms with E-state index in [1.807, 2.05) is 19.9 Å². The standard InChI is InChI=1S/C20H26O5/c1-7-20(6)10-14(24-18(22)12(4)8-9-21)15-13(5)19(23)25-17(15)16(20)11(2)3/h7-8,14-17,21H,1-2,5,9-10H2,3-4,6H3/b12-8+/t14-,15+,16+,17-,20+/m1/s1. The molecule has 2 rings (SSSR count). The predicted octanol–water partition coefficient (Wildman–Crippen LogP) is 2.72. The first-order valence-electron chi connectivity index (χ1n) is 8.33. The smallest absolute Gasteiger partial charge is 0.334 e. The number of allylic oxidation sites excluding steroid dienone is 1. The van der Waals surface area contributed by atoms with Gasteiger partial charge in [0.05, 0.1) is 12.5 Å². The van der Waals surface area contributed by atoms with Gasteiger partial charge in [-0.2, -0.15) is 0 Å². The van der Waals surface area contributed by atoms with Gasteiger partial charge in [0.15, 0.2) is 0 Å². The number of hydrogen-bond acceptors (Lipinski definition) is 5. The summed E-state index contributed by atoms with van der Waals surface area (Å²) in [5, 5.41) is 8.95. The van der Waals surface area contributed by atoms with E-state index in [1.54, 1.807) is 6.92 Å². The monoisotopic (exact) mass is 346 g/mol. The molecule has 5 atom stereocenters. The van der Waals surface area contributed by atoms with Crippen molar-refractivity contribution >= 4 is 11.9 Å². The highest BCUT2D eigenvalue weighted by molar-refractivity contribution is 5.92. The molecule has 0 bridgehead atoms. The number of aliphatic hydroxyl groups is 1. The first kappa shape index (κ1) is 19.2. The first-order valence-corrected chi connectivity index (χ1v) is 8.33. The number of aliphatic hydroxyl groups excluding tert-OH is 1. The molecule has 0 radical (unpaired) electrons. The summed E-state index contributed by atoms with van der Waals surface area (Å²) in [6.07, 6.45) is 2.65. The number of ether oxygens (including phenoxy) is 2. The van der Waals surface area contributed by atoms with E-state index < -0.39 is 35.5 Å². The third kappa shape index (κ3) is 3.33. The minimum absolute atomic E-state index is 0.123. The van der Waals surface area contributed by atoms with Gasteiger partial charge in [-0.05, 0) is 31.8 Å². The fourth-order valence-electron chi connectivity index (χ4n) is 4.00. The third-order valence-corrected chi connectivity index (χ3v) is 5.32. The summed E-state index contributed by atoms with van der Waals surface area (Å²) >= 11 is 0. The van der Waals surface area contributed by atoms with Gasteiger partial charge in [0.25, 0.3) is 0 Å². The van der Waals surface area contributed by atoms with Gasteiger partial charge in [0, 0.05) is 17.1 Å². The Bertz CT molecular complexity index is 659. The molecule has 1 aliphatic heterocycles. The number of carbonyl (C=O) groups is 2. The SMILES string of the molecule is C=C[C@@]1(C)C[C@@H](OC(=O)/C(C)=C/CO)[C@@H]2C(=C)C(=O)O[C@H]2[C@@H]1C(=C)C. The Morgan fingerprint density at radius 2 is 2.12 bits per heavy atom. The Morgan fingerprint density at radius 3 is 2.64 bits per heavy atom. The van der Waals surface area contributed by atoms with Gasteiger partial charge in [0.1, 0.15) is 12.2 Å². The molecule has 5 nitrogen and oxygen atoms in total. The van der Waals surface area contributed by atoms with E-state index in [9.17, 15) is 9.59 Å². The Kier molecular flexibility index (Phi) is 5.37. The van der Waals surface area contributed by atoms with Crippen LogP contribution >= 0.6 is 0 Å². The molecule has 2 aliphatic rings. The molecule has 0 aromatic rings. The molecule has 136 valence electrons. The number of rotatable bonds is 5. The van der Waals surface area contributed by atoms with Crippen LogP contribution < -0.4 is 0 Å². The van der Waals surface area contributed by atoms with E-state index in [-0.39, 0.29) is 12.5 Å². The van der Waals surface area contributed by atoms with E-state index in [0.29, 0.717) is 17.6 Å². The Balaban J connectivity index is 2.40. The lowest BCUT2D eigenvalue weighted by molar-refractivity contribution is -0.158. The van der Waals surface area contributed by atoms with E-state index in [1.165, 1.54) is 6.08 Å². The van der Waals surface area contributed by atoms with Crippen LogP contribution in [0.4, 0.5) is 0 Å². The third-order valence-electron chi connectivity index (χ3n) is 5.32. The van der Waals surface area contributed by atoms with Crippen LogP contribution in [-0.2, 0) is 19.1 Å². The molecule has 1 heterocycles. The fraction of sp³-hybridized carbons (Fsp3) is 0.500. The van der Waals surface area contributed by atoms with E-state index >= 15 is 0 Å². The van der Waals surface area contributed by atoms with Crippen LogP contribution in [0.15, 0.2) is 48.6 Å². The Hall–Kier alpha value is -2.14. The predicted molar refractivity (Wildman–Crippen MR) is 94.5 cm³/mol. The zero-order valence-electron chi connectivity index (χ0n) is 15.1. The molecule has 0 unspecified atom stereocenters. The van der Waals surface area contributed by atoms with Crippen molar-refractivity contribution in [2.45, 2.75) is 39.4 Å². The zero-order chi connectivity index (χ0) is 18.9. The van der Waals surface area contributed by atoms with Crippen molar-refractivity contribution < 1.29 is 24.2 Å². The van der Waals surface area contributed by atoms with Gasteiger partial charge in [-0.15, -0.1) is 6.58 Å². The molecular weight excluding hydrogens is 320 g/mol. The molecule has 0 aromatic carbocycles. The van der Waals surface area contributed by atoms with Crippen LogP contribution in [0.1, 0.15) is 27.2 Å². The average molecular weight is 346 g/mol. The summed E-state index contributed by atoms with van der Waals surface area (Å²) in [6.45, 7) is 17.1. The fourth-order valence-corrected chi connectivity index (χ4v) is 4.00. The molecule has 0 spiro atoms. The molecule has 0 amide bonds. The molecule has 5 heteroatoms. The maximum Gasteiger partial charge on any atom is 0.334 e. The minimum atomic E-state index is -0.558. The number of carbonyl (C=O) groups excluding carboxylic acids is 2. The second-order valence-electron chi connectivity index (χ2n) is 7.17. The Labute approximate surface area is 148 Å². The van der Waals surface area contributed by atoms with Gasteiger partial charge in [0.2, 0.25) is 0 Å². The van der Waals surface area contributed by atoms with Crippen LogP contribution in [0.5, 0.6) is 0 Å². The summed E-state index contributed by atoms with van der Waals surface area (Å²) in [5.74, 6) is -1.52. The lowest BCUT2D eigenvalue weighted by Crippen LogP contribution is -2.51. The molecule has 0 aromatic heterocycles. The van der Waals surface area contributed by atoms with Gasteiger partial charge >= 0.3 is 11.9 Å². The van der Waals surface area contributed by atoms with Crippen molar-refractivity contribution in [2.24, 2.45) is 17.3 Å². The summed E-state index contributed by atoms with van der Waals surface area (Å²) in [7, 11) is 0. The summed E-state index contributed by atoms with van der Waals surface area (Å²) < 4.78 is 11.3. The zero-order valence-corrected chi connectivity index (χ0v) is 15.1.